The molecule has 1 saturated heterocycles. The highest BCUT2D eigenvalue weighted by atomic mass is 32.2. The molecule has 2 heterocycles. The molecule has 1 fully saturated rings. The molecule has 1 aliphatic heterocycles. The number of carbonyl (C=O) groups is 2. The summed E-state index contributed by atoms with van der Waals surface area (Å²) in [6, 6.07) is 9.40. The minimum atomic E-state index is -1.18. The molecule has 2 aromatic rings. The van der Waals surface area contributed by atoms with Crippen LogP contribution in [-0.4, -0.2) is 32.6 Å². The fourth-order valence-electron chi connectivity index (χ4n) is 2.62. The van der Waals surface area contributed by atoms with Crippen molar-refractivity contribution < 1.29 is 24.0 Å². The Morgan fingerprint density at radius 2 is 2.04 bits per heavy atom. The number of hydrogen-bond donors (Lipinski definition) is 0. The Hall–Kier alpha value is -2.98. The lowest BCUT2D eigenvalue weighted by Gasteiger charge is -2.14. The quantitative estimate of drug-likeness (QED) is 0.292. The zero-order chi connectivity index (χ0) is 20.3. The average Bonchev–Trinajstić information content (AvgIpc) is 3.21. The topological polar surface area (TPSA) is 117 Å². The second kappa shape index (κ2) is 8.36. The van der Waals surface area contributed by atoms with Crippen LogP contribution in [0.4, 0.5) is 5.69 Å². The normalized spacial score (nSPS) is 15.4. The van der Waals surface area contributed by atoms with E-state index in [4.69, 9.17) is 16.6 Å². The van der Waals surface area contributed by atoms with Crippen LogP contribution in [0, 0.1) is 10.1 Å². The lowest BCUT2D eigenvalue weighted by Crippen LogP contribution is -2.30. The average molecular weight is 417 g/mol. The molecule has 0 aliphatic carbocycles. The fraction of sp³-hybridized carbons (Fsp3) is 0.167. The van der Waals surface area contributed by atoms with Gasteiger partial charge >= 0.3 is 0 Å². The maximum Gasteiger partial charge on any atom is 0.280 e. The number of furan rings is 1. The third kappa shape index (κ3) is 4.29. The second-order valence-corrected chi connectivity index (χ2v) is 7.46. The highest BCUT2D eigenvalue weighted by Gasteiger charge is 2.31. The number of aliphatic carboxylic acids is 1. The molecule has 0 unspecified atom stereocenters. The van der Waals surface area contributed by atoms with Crippen LogP contribution in [0.15, 0.2) is 45.7 Å². The number of carboxylic acid groups (broad SMARTS) is 1. The summed E-state index contributed by atoms with van der Waals surface area (Å²) in [5.74, 6) is -0.859. The van der Waals surface area contributed by atoms with Crippen molar-refractivity contribution >= 4 is 51.9 Å². The second-order valence-electron chi connectivity index (χ2n) is 5.79. The molecule has 0 radical (unpaired) electrons. The van der Waals surface area contributed by atoms with Crippen LogP contribution in [0.5, 0.6) is 0 Å². The Labute approximate surface area is 169 Å². The van der Waals surface area contributed by atoms with E-state index in [9.17, 15) is 24.8 Å². The number of nitrogens with zero attached hydrogens (tertiary/aromatic N) is 2. The van der Waals surface area contributed by atoms with Gasteiger partial charge in [-0.05, 0) is 31.0 Å². The molecule has 1 aromatic heterocycles. The van der Waals surface area contributed by atoms with E-state index in [0.717, 1.165) is 11.8 Å². The summed E-state index contributed by atoms with van der Waals surface area (Å²) in [5.41, 5.74) is 0.254. The van der Waals surface area contributed by atoms with E-state index in [-0.39, 0.29) is 31.0 Å². The summed E-state index contributed by atoms with van der Waals surface area (Å²) in [6.45, 7) is 0.190. The molecule has 144 valence electrons. The van der Waals surface area contributed by atoms with Crippen molar-refractivity contribution in [1.82, 2.24) is 4.90 Å². The number of thioether (sulfide) groups is 1. The number of carbonyl (C=O) groups excluding carboxylic acids is 2. The summed E-state index contributed by atoms with van der Waals surface area (Å²) in [7, 11) is 0. The van der Waals surface area contributed by atoms with Gasteiger partial charge in [-0.25, -0.2) is 0 Å². The highest BCUT2D eigenvalue weighted by Crippen LogP contribution is 2.35. The first kappa shape index (κ1) is 19.8. The lowest BCUT2D eigenvalue weighted by atomic mass is 10.1. The Kier molecular flexibility index (Phi) is 5.90. The SMILES string of the molecule is O=C([O-])CCCN1C(=O)/C(=C/c2ccc(-c3ccccc3[N+](=O)[O-])o2)SC1=S. The van der Waals surface area contributed by atoms with Crippen molar-refractivity contribution in [3.63, 3.8) is 0 Å². The molecule has 1 aromatic carbocycles. The molecule has 0 N–H and O–H groups in total. The number of amides is 1. The number of nitro benzene ring substituents is 1. The number of para-hydroxylation sites is 1. The fourth-order valence-corrected chi connectivity index (χ4v) is 3.91. The van der Waals surface area contributed by atoms with Crippen molar-refractivity contribution in [3.05, 3.63) is 57.2 Å². The zero-order valence-corrected chi connectivity index (χ0v) is 16.0. The van der Waals surface area contributed by atoms with E-state index in [1.807, 2.05) is 0 Å². The zero-order valence-electron chi connectivity index (χ0n) is 14.3. The number of carboxylic acids is 1. The van der Waals surface area contributed by atoms with Gasteiger partial charge in [-0.15, -0.1) is 0 Å². The van der Waals surface area contributed by atoms with Crippen LogP contribution in [0.3, 0.4) is 0 Å². The van der Waals surface area contributed by atoms with Crippen LogP contribution in [0.2, 0.25) is 0 Å². The van der Waals surface area contributed by atoms with E-state index in [0.29, 0.717) is 26.3 Å². The van der Waals surface area contributed by atoms with Gasteiger partial charge in [0.2, 0.25) is 0 Å². The van der Waals surface area contributed by atoms with Gasteiger partial charge in [0.15, 0.2) is 0 Å². The van der Waals surface area contributed by atoms with Crippen molar-refractivity contribution in [2.24, 2.45) is 0 Å². The van der Waals surface area contributed by atoms with E-state index in [1.165, 1.54) is 17.0 Å². The molecule has 1 aliphatic rings. The summed E-state index contributed by atoms with van der Waals surface area (Å²) >= 11 is 6.26. The van der Waals surface area contributed by atoms with Crippen LogP contribution >= 0.6 is 24.0 Å². The van der Waals surface area contributed by atoms with E-state index in [1.54, 1.807) is 30.3 Å². The first-order valence-electron chi connectivity index (χ1n) is 8.15. The third-order valence-electron chi connectivity index (χ3n) is 3.90. The van der Waals surface area contributed by atoms with Gasteiger partial charge in [-0.1, -0.05) is 36.1 Å². The van der Waals surface area contributed by atoms with Crippen molar-refractivity contribution in [2.45, 2.75) is 12.8 Å². The Morgan fingerprint density at radius 1 is 1.29 bits per heavy atom. The lowest BCUT2D eigenvalue weighted by molar-refractivity contribution is -0.384. The van der Waals surface area contributed by atoms with Crippen molar-refractivity contribution in [1.29, 1.82) is 0 Å². The van der Waals surface area contributed by atoms with Gasteiger partial charge < -0.3 is 14.3 Å². The number of rotatable bonds is 7. The van der Waals surface area contributed by atoms with Crippen molar-refractivity contribution in [3.8, 4) is 11.3 Å². The number of nitro groups is 1. The minimum absolute atomic E-state index is 0.0809. The smallest absolute Gasteiger partial charge is 0.280 e. The van der Waals surface area contributed by atoms with Gasteiger partial charge in [0, 0.05) is 24.7 Å². The largest absolute Gasteiger partial charge is 0.550 e. The Bertz CT molecular complexity index is 997. The molecule has 0 spiro atoms. The van der Waals surface area contributed by atoms with E-state index < -0.39 is 10.9 Å². The molecule has 0 saturated carbocycles. The molecule has 3 rings (SSSR count). The number of benzene rings is 1. The predicted octanol–water partition coefficient (Wildman–Crippen LogP) is 2.59. The summed E-state index contributed by atoms with van der Waals surface area (Å²) in [5, 5.41) is 21.7. The van der Waals surface area contributed by atoms with Gasteiger partial charge in [-0.3, -0.25) is 19.8 Å². The monoisotopic (exact) mass is 417 g/mol. The highest BCUT2D eigenvalue weighted by molar-refractivity contribution is 8.26. The predicted molar refractivity (Wildman–Crippen MR) is 105 cm³/mol. The van der Waals surface area contributed by atoms with Crippen LogP contribution in [0.1, 0.15) is 18.6 Å². The Morgan fingerprint density at radius 3 is 2.75 bits per heavy atom. The third-order valence-corrected chi connectivity index (χ3v) is 5.28. The van der Waals surface area contributed by atoms with Crippen molar-refractivity contribution in [2.75, 3.05) is 6.54 Å². The molecular formula is C18H13N2O6S2-. The van der Waals surface area contributed by atoms with Gasteiger partial charge in [0.1, 0.15) is 15.8 Å². The van der Waals surface area contributed by atoms with Gasteiger partial charge in [-0.2, -0.15) is 0 Å². The summed E-state index contributed by atoms with van der Waals surface area (Å²) in [6.07, 6.45) is 1.59. The van der Waals surface area contributed by atoms with Crippen LogP contribution < -0.4 is 5.11 Å². The molecule has 0 atom stereocenters. The molecule has 8 nitrogen and oxygen atoms in total. The maximum atomic E-state index is 12.5. The number of hydrogen-bond acceptors (Lipinski definition) is 8. The maximum absolute atomic E-state index is 12.5. The molecule has 0 bridgehead atoms. The van der Waals surface area contributed by atoms with E-state index >= 15 is 0 Å². The standard InChI is InChI=1S/C18H14N2O6S2/c21-16(22)6-3-9-19-17(23)15(28-18(19)27)10-11-7-8-14(26-11)12-4-1-2-5-13(12)20(24)25/h1-2,4-5,7-8,10H,3,6,9H2,(H,21,22)/p-1/b15-10-. The van der Waals surface area contributed by atoms with Gasteiger partial charge in [0.25, 0.3) is 11.6 Å². The summed E-state index contributed by atoms with van der Waals surface area (Å²) in [4.78, 5) is 35.3. The first-order valence-corrected chi connectivity index (χ1v) is 9.38. The van der Waals surface area contributed by atoms with Crippen LogP contribution in [0.25, 0.3) is 17.4 Å². The van der Waals surface area contributed by atoms with E-state index in [2.05, 4.69) is 0 Å². The number of thiocarbonyl (C=S) groups is 1. The molecule has 1 amide bonds. The van der Waals surface area contributed by atoms with Gasteiger partial charge in [0.05, 0.1) is 15.4 Å². The first-order chi connectivity index (χ1) is 13.4. The molecule has 10 heteroatoms. The summed E-state index contributed by atoms with van der Waals surface area (Å²) < 4.78 is 5.99. The van der Waals surface area contributed by atoms with Crippen LogP contribution in [-0.2, 0) is 9.59 Å². The minimum Gasteiger partial charge on any atom is -0.550 e. The molecular weight excluding hydrogens is 404 g/mol. The Balaban J connectivity index is 1.79. The molecule has 28 heavy (non-hydrogen) atoms.